The molecule has 0 aliphatic rings. The molecule has 3 nitrogen and oxygen atoms in total. The summed E-state index contributed by atoms with van der Waals surface area (Å²) in [5.41, 5.74) is 4.05. The number of hydrogen-bond acceptors (Lipinski definition) is 2. The summed E-state index contributed by atoms with van der Waals surface area (Å²) in [7, 11) is 0. The van der Waals surface area contributed by atoms with Gasteiger partial charge in [0.1, 0.15) is 0 Å². The molecule has 2 rings (SSSR count). The lowest BCUT2D eigenvalue weighted by molar-refractivity contribution is -0.115. The minimum atomic E-state index is -0.257. The van der Waals surface area contributed by atoms with Crippen molar-refractivity contribution in [2.45, 2.75) is 13.8 Å². The van der Waals surface area contributed by atoms with Gasteiger partial charge in [-0.2, -0.15) is 0 Å². The zero-order chi connectivity index (χ0) is 15.9. The van der Waals surface area contributed by atoms with Gasteiger partial charge in [-0.3, -0.25) is 10.1 Å². The zero-order valence-corrected chi connectivity index (χ0v) is 13.4. The number of nitrogens with one attached hydrogen (secondary N) is 2. The van der Waals surface area contributed by atoms with Gasteiger partial charge in [-0.15, -0.1) is 0 Å². The lowest BCUT2D eigenvalue weighted by Gasteiger charge is -2.13. The highest BCUT2D eigenvalue weighted by Gasteiger charge is 2.05. The average molecular weight is 310 g/mol. The van der Waals surface area contributed by atoms with Gasteiger partial charge < -0.3 is 5.32 Å². The summed E-state index contributed by atoms with van der Waals surface area (Å²) in [4.78, 5) is 11.9. The number of aryl methyl sites for hydroxylation is 2. The third kappa shape index (κ3) is 4.53. The molecule has 0 aromatic heterocycles. The van der Waals surface area contributed by atoms with Crippen molar-refractivity contribution in [3.8, 4) is 0 Å². The van der Waals surface area contributed by atoms with Crippen LogP contribution in [0.15, 0.2) is 54.6 Å². The number of anilines is 1. The fraction of sp³-hybridized carbons (Fsp3) is 0.111. The van der Waals surface area contributed by atoms with Crippen LogP contribution in [0.1, 0.15) is 16.7 Å². The van der Waals surface area contributed by atoms with Crippen molar-refractivity contribution < 1.29 is 4.79 Å². The minimum Gasteiger partial charge on any atom is -0.332 e. The molecular formula is C18H18N2OS. The molecular weight excluding hydrogens is 292 g/mol. The number of thiocarbonyl (C=S) groups is 1. The van der Waals surface area contributed by atoms with E-state index in [1.165, 1.54) is 6.08 Å². The molecule has 4 heteroatoms. The SMILES string of the molecule is Cc1cccc(C)c1NC(=S)NC(=O)/C=C/c1ccccc1. The zero-order valence-electron chi connectivity index (χ0n) is 12.6. The van der Waals surface area contributed by atoms with E-state index in [4.69, 9.17) is 12.2 Å². The third-order valence-electron chi connectivity index (χ3n) is 3.18. The first-order valence-corrected chi connectivity index (χ1v) is 7.38. The highest BCUT2D eigenvalue weighted by molar-refractivity contribution is 7.80. The monoisotopic (exact) mass is 310 g/mol. The Kier molecular flexibility index (Phi) is 5.44. The number of carbonyl (C=O) groups excluding carboxylic acids is 1. The molecule has 2 aromatic rings. The largest absolute Gasteiger partial charge is 0.332 e. The molecule has 112 valence electrons. The smallest absolute Gasteiger partial charge is 0.250 e. The topological polar surface area (TPSA) is 41.1 Å². The molecule has 22 heavy (non-hydrogen) atoms. The maximum atomic E-state index is 11.9. The first-order valence-electron chi connectivity index (χ1n) is 6.97. The van der Waals surface area contributed by atoms with Gasteiger partial charge in [0.25, 0.3) is 0 Å². The van der Waals surface area contributed by atoms with Crippen LogP contribution in [0.3, 0.4) is 0 Å². The van der Waals surface area contributed by atoms with Gasteiger partial charge in [0.2, 0.25) is 5.91 Å². The van der Waals surface area contributed by atoms with Crippen molar-refractivity contribution >= 4 is 35.0 Å². The van der Waals surface area contributed by atoms with E-state index in [2.05, 4.69) is 10.6 Å². The van der Waals surface area contributed by atoms with Gasteiger partial charge >= 0.3 is 0 Å². The van der Waals surface area contributed by atoms with E-state index in [1.54, 1.807) is 6.08 Å². The van der Waals surface area contributed by atoms with E-state index < -0.39 is 0 Å². The van der Waals surface area contributed by atoms with Crippen molar-refractivity contribution in [1.29, 1.82) is 0 Å². The minimum absolute atomic E-state index is 0.257. The van der Waals surface area contributed by atoms with E-state index in [0.29, 0.717) is 5.11 Å². The first-order chi connectivity index (χ1) is 10.6. The van der Waals surface area contributed by atoms with Crippen LogP contribution >= 0.6 is 12.2 Å². The van der Waals surface area contributed by atoms with Crippen LogP contribution in [-0.4, -0.2) is 11.0 Å². The average Bonchev–Trinajstić information content (AvgIpc) is 2.50. The molecule has 0 unspecified atom stereocenters. The number of rotatable bonds is 3. The predicted molar refractivity (Wildman–Crippen MR) is 95.8 cm³/mol. The fourth-order valence-electron chi connectivity index (χ4n) is 2.05. The molecule has 2 N–H and O–H groups in total. The van der Waals surface area contributed by atoms with Crippen LogP contribution < -0.4 is 10.6 Å². The van der Waals surface area contributed by atoms with Crippen LogP contribution in [0.4, 0.5) is 5.69 Å². The number of hydrogen-bond donors (Lipinski definition) is 2. The van der Waals surface area contributed by atoms with E-state index >= 15 is 0 Å². The Morgan fingerprint density at radius 2 is 1.64 bits per heavy atom. The standard InChI is InChI=1S/C18H18N2OS/c1-13-7-6-8-14(2)17(13)20-18(22)19-16(21)12-11-15-9-4-3-5-10-15/h3-12H,1-2H3,(H2,19,20,21,22)/b12-11+. The Balaban J connectivity index is 1.95. The highest BCUT2D eigenvalue weighted by atomic mass is 32.1. The van der Waals surface area contributed by atoms with E-state index in [9.17, 15) is 4.79 Å². The second-order valence-electron chi connectivity index (χ2n) is 4.95. The van der Waals surface area contributed by atoms with Gasteiger partial charge in [-0.05, 0) is 48.8 Å². The van der Waals surface area contributed by atoms with Crippen molar-refractivity contribution in [3.63, 3.8) is 0 Å². The second-order valence-corrected chi connectivity index (χ2v) is 5.36. The van der Waals surface area contributed by atoms with E-state index in [1.807, 2.05) is 62.4 Å². The molecule has 0 radical (unpaired) electrons. The number of para-hydroxylation sites is 1. The van der Waals surface area contributed by atoms with Gasteiger partial charge in [-0.25, -0.2) is 0 Å². The quantitative estimate of drug-likeness (QED) is 0.669. The van der Waals surface area contributed by atoms with Gasteiger partial charge in [-0.1, -0.05) is 48.5 Å². The van der Waals surface area contributed by atoms with E-state index in [-0.39, 0.29) is 5.91 Å². The molecule has 0 heterocycles. The van der Waals surface area contributed by atoms with Crippen LogP contribution in [0, 0.1) is 13.8 Å². The maximum absolute atomic E-state index is 11.9. The Morgan fingerprint density at radius 1 is 1.00 bits per heavy atom. The fourth-order valence-corrected chi connectivity index (χ4v) is 2.25. The summed E-state index contributed by atoms with van der Waals surface area (Å²) in [6, 6.07) is 15.6. The van der Waals surface area contributed by atoms with E-state index in [0.717, 1.165) is 22.4 Å². The number of benzene rings is 2. The van der Waals surface area contributed by atoms with Crippen molar-refractivity contribution in [2.24, 2.45) is 0 Å². The third-order valence-corrected chi connectivity index (χ3v) is 3.39. The molecule has 0 saturated heterocycles. The van der Waals surface area contributed by atoms with Gasteiger partial charge in [0.05, 0.1) is 0 Å². The molecule has 0 aliphatic carbocycles. The number of carbonyl (C=O) groups is 1. The molecule has 2 aromatic carbocycles. The Morgan fingerprint density at radius 3 is 2.27 bits per heavy atom. The molecule has 0 atom stereocenters. The van der Waals surface area contributed by atoms with Crippen LogP contribution in [0.25, 0.3) is 6.08 Å². The summed E-state index contributed by atoms with van der Waals surface area (Å²) in [6.07, 6.45) is 3.21. The van der Waals surface area contributed by atoms with Crippen LogP contribution in [-0.2, 0) is 4.79 Å². The number of amides is 1. The second kappa shape index (κ2) is 7.52. The van der Waals surface area contributed by atoms with Crippen molar-refractivity contribution in [3.05, 3.63) is 71.3 Å². The van der Waals surface area contributed by atoms with Gasteiger partial charge in [0.15, 0.2) is 5.11 Å². The predicted octanol–water partition coefficient (Wildman–Crippen LogP) is 3.83. The van der Waals surface area contributed by atoms with Crippen LogP contribution in [0.5, 0.6) is 0 Å². The lowest BCUT2D eigenvalue weighted by Crippen LogP contribution is -2.33. The Labute approximate surface area is 136 Å². The highest BCUT2D eigenvalue weighted by Crippen LogP contribution is 2.19. The molecule has 0 spiro atoms. The summed E-state index contributed by atoms with van der Waals surface area (Å²) in [5, 5.41) is 6.01. The molecule has 0 aliphatic heterocycles. The van der Waals surface area contributed by atoms with Gasteiger partial charge in [0, 0.05) is 11.8 Å². The molecule has 0 bridgehead atoms. The summed E-state index contributed by atoms with van der Waals surface area (Å²) in [6.45, 7) is 3.99. The van der Waals surface area contributed by atoms with Crippen molar-refractivity contribution in [2.75, 3.05) is 5.32 Å². The maximum Gasteiger partial charge on any atom is 0.250 e. The Bertz CT molecular complexity index is 688. The van der Waals surface area contributed by atoms with Crippen molar-refractivity contribution in [1.82, 2.24) is 5.32 Å². The normalized spacial score (nSPS) is 10.5. The summed E-state index contributed by atoms with van der Waals surface area (Å²) >= 11 is 5.19. The molecule has 1 amide bonds. The lowest BCUT2D eigenvalue weighted by atomic mass is 10.1. The van der Waals surface area contributed by atoms with Crippen LogP contribution in [0.2, 0.25) is 0 Å². The molecule has 0 fully saturated rings. The summed E-state index contributed by atoms with van der Waals surface area (Å²) < 4.78 is 0. The summed E-state index contributed by atoms with van der Waals surface area (Å²) in [5.74, 6) is -0.257. The Hall–Kier alpha value is -2.46. The molecule has 0 saturated carbocycles. The first kappa shape index (κ1) is 15.9.